The van der Waals surface area contributed by atoms with Crippen LogP contribution >= 0.6 is 0 Å². The molecule has 4 nitrogen and oxygen atoms in total. The summed E-state index contributed by atoms with van der Waals surface area (Å²) in [5.74, 6) is 0. The quantitative estimate of drug-likeness (QED) is 0.900. The van der Waals surface area contributed by atoms with Gasteiger partial charge in [0, 0.05) is 30.7 Å². The lowest BCUT2D eigenvalue weighted by molar-refractivity contribution is 0.0876. The first kappa shape index (κ1) is 11.3. The van der Waals surface area contributed by atoms with Crippen molar-refractivity contribution < 1.29 is 4.74 Å². The van der Waals surface area contributed by atoms with E-state index in [9.17, 15) is 0 Å². The number of benzene rings is 1. The molecule has 3 rings (SSSR count). The summed E-state index contributed by atoms with van der Waals surface area (Å²) >= 11 is 0. The number of anilines is 1. The van der Waals surface area contributed by atoms with E-state index >= 15 is 0 Å². The van der Waals surface area contributed by atoms with Crippen molar-refractivity contribution in [2.75, 3.05) is 18.5 Å². The van der Waals surface area contributed by atoms with Crippen molar-refractivity contribution in [2.45, 2.75) is 18.9 Å². The number of nitrogens with zero attached hydrogens (tertiary/aromatic N) is 2. The molecule has 0 spiro atoms. The van der Waals surface area contributed by atoms with E-state index in [1.165, 1.54) is 6.42 Å². The average Bonchev–Trinajstić information content (AvgIpc) is 2.95. The summed E-state index contributed by atoms with van der Waals surface area (Å²) in [6.07, 6.45) is 6.05. The first-order valence-electron chi connectivity index (χ1n) is 6.36. The standard InChI is InChI=1S/C14H17N3O/c1-3-13(11-18-10-1)16-12-4-6-14(7-5-12)17-9-2-8-15-17/h2,4-9,13,16H,1,3,10-11H2. The van der Waals surface area contributed by atoms with Crippen LogP contribution in [0.25, 0.3) is 5.69 Å². The summed E-state index contributed by atoms with van der Waals surface area (Å²) in [4.78, 5) is 0. The van der Waals surface area contributed by atoms with Gasteiger partial charge in [-0.2, -0.15) is 5.10 Å². The molecule has 2 aromatic rings. The van der Waals surface area contributed by atoms with Crippen LogP contribution in [0.3, 0.4) is 0 Å². The average molecular weight is 243 g/mol. The Hall–Kier alpha value is -1.81. The molecule has 0 bridgehead atoms. The topological polar surface area (TPSA) is 39.1 Å². The molecule has 0 amide bonds. The maximum atomic E-state index is 5.46. The Kier molecular flexibility index (Phi) is 3.28. The van der Waals surface area contributed by atoms with E-state index in [0.29, 0.717) is 6.04 Å². The van der Waals surface area contributed by atoms with Gasteiger partial charge < -0.3 is 10.1 Å². The van der Waals surface area contributed by atoms with Crippen LogP contribution in [0.5, 0.6) is 0 Å². The fourth-order valence-electron chi connectivity index (χ4n) is 2.22. The molecule has 1 aromatic carbocycles. The lowest BCUT2D eigenvalue weighted by atomic mass is 10.1. The molecule has 1 N–H and O–H groups in total. The molecule has 18 heavy (non-hydrogen) atoms. The lowest BCUT2D eigenvalue weighted by Crippen LogP contribution is -2.29. The number of hydrogen-bond donors (Lipinski definition) is 1. The number of rotatable bonds is 3. The second kappa shape index (κ2) is 5.23. The van der Waals surface area contributed by atoms with E-state index in [2.05, 4.69) is 34.7 Å². The molecule has 1 saturated heterocycles. The Morgan fingerprint density at radius 1 is 1.28 bits per heavy atom. The fraction of sp³-hybridized carbons (Fsp3) is 0.357. The van der Waals surface area contributed by atoms with Gasteiger partial charge in [-0.25, -0.2) is 4.68 Å². The third-order valence-electron chi connectivity index (χ3n) is 3.17. The fourth-order valence-corrected chi connectivity index (χ4v) is 2.22. The summed E-state index contributed by atoms with van der Waals surface area (Å²) in [7, 11) is 0. The minimum Gasteiger partial charge on any atom is -0.380 e. The Morgan fingerprint density at radius 3 is 2.83 bits per heavy atom. The molecular formula is C14H17N3O. The summed E-state index contributed by atoms with van der Waals surface area (Å²) in [6.45, 7) is 1.71. The monoisotopic (exact) mass is 243 g/mol. The van der Waals surface area contributed by atoms with E-state index in [0.717, 1.165) is 31.0 Å². The maximum absolute atomic E-state index is 5.46. The van der Waals surface area contributed by atoms with Gasteiger partial charge in [-0.1, -0.05) is 0 Å². The third-order valence-corrected chi connectivity index (χ3v) is 3.17. The molecule has 94 valence electrons. The van der Waals surface area contributed by atoms with Gasteiger partial charge in [0.25, 0.3) is 0 Å². The van der Waals surface area contributed by atoms with Crippen LogP contribution in [-0.4, -0.2) is 29.0 Å². The Balaban J connectivity index is 1.67. The van der Waals surface area contributed by atoms with E-state index in [1.54, 1.807) is 6.20 Å². The van der Waals surface area contributed by atoms with Crippen molar-refractivity contribution in [2.24, 2.45) is 0 Å². The minimum atomic E-state index is 0.439. The highest BCUT2D eigenvalue weighted by atomic mass is 16.5. The van der Waals surface area contributed by atoms with E-state index < -0.39 is 0 Å². The molecule has 1 aliphatic heterocycles. The zero-order valence-electron chi connectivity index (χ0n) is 10.2. The van der Waals surface area contributed by atoms with Crippen LogP contribution in [0.2, 0.25) is 0 Å². The highest BCUT2D eigenvalue weighted by Gasteiger charge is 2.13. The molecule has 0 aliphatic carbocycles. The number of nitrogens with one attached hydrogen (secondary N) is 1. The van der Waals surface area contributed by atoms with E-state index in [-0.39, 0.29) is 0 Å². The van der Waals surface area contributed by atoms with Gasteiger partial charge in [0.05, 0.1) is 12.3 Å². The SMILES string of the molecule is c1cnn(-c2ccc(NC3CCCOC3)cc2)c1. The second-order valence-electron chi connectivity index (χ2n) is 4.56. The smallest absolute Gasteiger partial charge is 0.0667 e. The zero-order valence-corrected chi connectivity index (χ0v) is 10.2. The predicted molar refractivity (Wildman–Crippen MR) is 71.0 cm³/mol. The highest BCUT2D eigenvalue weighted by molar-refractivity contribution is 5.49. The minimum absolute atomic E-state index is 0.439. The Morgan fingerprint density at radius 2 is 2.17 bits per heavy atom. The molecular weight excluding hydrogens is 226 g/mol. The van der Waals surface area contributed by atoms with Gasteiger partial charge in [0.1, 0.15) is 0 Å². The van der Waals surface area contributed by atoms with Crippen molar-refractivity contribution in [3.8, 4) is 5.69 Å². The van der Waals surface area contributed by atoms with Crippen LogP contribution < -0.4 is 5.32 Å². The summed E-state index contributed by atoms with van der Waals surface area (Å²) in [5.41, 5.74) is 2.21. The second-order valence-corrected chi connectivity index (χ2v) is 4.56. The summed E-state index contributed by atoms with van der Waals surface area (Å²) in [6, 6.07) is 10.7. The van der Waals surface area contributed by atoms with Crippen LogP contribution in [0, 0.1) is 0 Å². The molecule has 1 atom stereocenters. The lowest BCUT2D eigenvalue weighted by Gasteiger charge is -2.24. The van der Waals surface area contributed by atoms with Crippen molar-refractivity contribution in [3.05, 3.63) is 42.7 Å². The third kappa shape index (κ3) is 2.54. The largest absolute Gasteiger partial charge is 0.380 e. The van der Waals surface area contributed by atoms with Crippen LogP contribution in [0.1, 0.15) is 12.8 Å². The zero-order chi connectivity index (χ0) is 12.2. The molecule has 2 heterocycles. The van der Waals surface area contributed by atoms with Crippen LogP contribution in [0.4, 0.5) is 5.69 Å². The molecule has 1 unspecified atom stereocenters. The van der Waals surface area contributed by atoms with Crippen molar-refractivity contribution >= 4 is 5.69 Å². The van der Waals surface area contributed by atoms with Gasteiger partial charge in [0.15, 0.2) is 0 Å². The first-order valence-corrected chi connectivity index (χ1v) is 6.36. The summed E-state index contributed by atoms with van der Waals surface area (Å²) in [5, 5.41) is 7.71. The van der Waals surface area contributed by atoms with Crippen molar-refractivity contribution in [1.82, 2.24) is 9.78 Å². The number of ether oxygens (including phenoxy) is 1. The van der Waals surface area contributed by atoms with E-state index in [4.69, 9.17) is 4.74 Å². The molecule has 1 aliphatic rings. The van der Waals surface area contributed by atoms with Gasteiger partial charge in [-0.15, -0.1) is 0 Å². The molecule has 1 aromatic heterocycles. The van der Waals surface area contributed by atoms with Crippen molar-refractivity contribution in [3.63, 3.8) is 0 Å². The predicted octanol–water partition coefficient (Wildman–Crippen LogP) is 2.46. The van der Waals surface area contributed by atoms with Gasteiger partial charge in [-0.05, 0) is 43.2 Å². The first-order chi connectivity index (χ1) is 8.92. The van der Waals surface area contributed by atoms with Crippen LogP contribution in [-0.2, 0) is 4.74 Å². The normalized spacial score (nSPS) is 19.7. The van der Waals surface area contributed by atoms with Crippen LogP contribution in [0.15, 0.2) is 42.7 Å². The van der Waals surface area contributed by atoms with Gasteiger partial charge in [0.2, 0.25) is 0 Å². The molecule has 4 heteroatoms. The Labute approximate surface area is 107 Å². The van der Waals surface area contributed by atoms with Gasteiger partial charge in [-0.3, -0.25) is 0 Å². The molecule has 0 saturated carbocycles. The molecule has 0 radical (unpaired) electrons. The Bertz CT molecular complexity index is 472. The summed E-state index contributed by atoms with van der Waals surface area (Å²) < 4.78 is 7.31. The number of hydrogen-bond acceptors (Lipinski definition) is 3. The molecule has 1 fully saturated rings. The highest BCUT2D eigenvalue weighted by Crippen LogP contribution is 2.16. The number of aromatic nitrogens is 2. The van der Waals surface area contributed by atoms with Gasteiger partial charge >= 0.3 is 0 Å². The van der Waals surface area contributed by atoms with E-state index in [1.807, 2.05) is 16.9 Å². The maximum Gasteiger partial charge on any atom is 0.0667 e. The van der Waals surface area contributed by atoms with Crippen molar-refractivity contribution in [1.29, 1.82) is 0 Å².